The van der Waals surface area contributed by atoms with Crippen molar-refractivity contribution in [1.29, 1.82) is 0 Å². The highest BCUT2D eigenvalue weighted by atomic mass is 32.1. The molecule has 3 N–H and O–H groups in total. The summed E-state index contributed by atoms with van der Waals surface area (Å²) >= 11 is 1.37. The van der Waals surface area contributed by atoms with Gasteiger partial charge < -0.3 is 15.7 Å². The van der Waals surface area contributed by atoms with E-state index in [9.17, 15) is 19.5 Å². The molecule has 2 unspecified atom stereocenters. The fourth-order valence-electron chi connectivity index (χ4n) is 3.99. The maximum Gasteiger partial charge on any atom is 0.307 e. The number of benzene rings is 1. The smallest absolute Gasteiger partial charge is 0.307 e. The zero-order valence-electron chi connectivity index (χ0n) is 16.7. The molecule has 0 radical (unpaired) electrons. The summed E-state index contributed by atoms with van der Waals surface area (Å²) in [6.45, 7) is 3.90. The first-order valence-corrected chi connectivity index (χ1v) is 10.8. The molecule has 29 heavy (non-hydrogen) atoms. The third kappa shape index (κ3) is 4.67. The van der Waals surface area contributed by atoms with Crippen LogP contribution in [0.15, 0.2) is 30.3 Å². The molecule has 1 heterocycles. The second-order valence-corrected chi connectivity index (χ2v) is 8.56. The average molecular weight is 415 g/mol. The van der Waals surface area contributed by atoms with Crippen molar-refractivity contribution in [3.8, 4) is 0 Å². The van der Waals surface area contributed by atoms with E-state index in [4.69, 9.17) is 0 Å². The minimum absolute atomic E-state index is 0.272. The predicted octanol–water partition coefficient (Wildman–Crippen LogP) is 4.70. The number of para-hydroxylation sites is 1. The number of hydrogen-bond acceptors (Lipinski definition) is 4. The fraction of sp³-hybridized carbons (Fsp3) is 0.409. The van der Waals surface area contributed by atoms with Crippen molar-refractivity contribution in [3.05, 3.63) is 46.3 Å². The lowest BCUT2D eigenvalue weighted by molar-refractivity contribution is -0.147. The van der Waals surface area contributed by atoms with Gasteiger partial charge in [0.05, 0.1) is 17.4 Å². The number of carbonyl (C=O) groups is 3. The number of amides is 2. The van der Waals surface area contributed by atoms with Gasteiger partial charge in [0.2, 0.25) is 5.91 Å². The van der Waals surface area contributed by atoms with Crippen molar-refractivity contribution in [2.45, 2.75) is 46.0 Å². The molecule has 0 bridgehead atoms. The van der Waals surface area contributed by atoms with Gasteiger partial charge in [0, 0.05) is 10.6 Å². The van der Waals surface area contributed by atoms with Gasteiger partial charge in [0.1, 0.15) is 5.00 Å². The van der Waals surface area contributed by atoms with Crippen LogP contribution in [0.4, 0.5) is 10.7 Å². The van der Waals surface area contributed by atoms with Gasteiger partial charge in [0.25, 0.3) is 5.91 Å². The molecule has 1 saturated carbocycles. The Morgan fingerprint density at radius 1 is 1.07 bits per heavy atom. The maximum atomic E-state index is 13.0. The quantitative estimate of drug-likeness (QED) is 0.638. The minimum atomic E-state index is -0.927. The standard InChI is InChI=1S/C22H26N2O4S/c1-3-15-13(2)29-21(18(15)20(26)23-14-9-5-4-6-10-14)24-19(25)16-11-7-8-12-17(16)22(27)28/h4-6,9-10,16-17H,3,7-8,11-12H2,1-2H3,(H,23,26)(H,24,25)(H,27,28). The number of thiophene rings is 1. The van der Waals surface area contributed by atoms with Crippen molar-refractivity contribution < 1.29 is 19.5 Å². The van der Waals surface area contributed by atoms with Crippen LogP contribution in [0.2, 0.25) is 0 Å². The lowest BCUT2D eigenvalue weighted by atomic mass is 9.79. The Bertz CT molecular complexity index is 907. The monoisotopic (exact) mass is 414 g/mol. The molecule has 0 saturated heterocycles. The Kier molecular flexibility index (Phi) is 6.69. The molecule has 2 aromatic rings. The lowest BCUT2D eigenvalue weighted by Gasteiger charge is -2.27. The van der Waals surface area contributed by atoms with Gasteiger partial charge in [-0.05, 0) is 43.9 Å². The third-order valence-corrected chi connectivity index (χ3v) is 6.54. The van der Waals surface area contributed by atoms with Crippen LogP contribution in [-0.2, 0) is 16.0 Å². The van der Waals surface area contributed by atoms with Crippen LogP contribution in [0.25, 0.3) is 0 Å². The molecule has 1 aromatic heterocycles. The largest absolute Gasteiger partial charge is 0.481 e. The van der Waals surface area contributed by atoms with Gasteiger partial charge in [-0.25, -0.2) is 0 Å². The van der Waals surface area contributed by atoms with Crippen molar-refractivity contribution >= 4 is 39.8 Å². The zero-order valence-corrected chi connectivity index (χ0v) is 17.5. The van der Waals surface area contributed by atoms with Gasteiger partial charge in [-0.1, -0.05) is 38.0 Å². The number of rotatable bonds is 6. The lowest BCUT2D eigenvalue weighted by Crippen LogP contribution is -2.36. The first-order chi connectivity index (χ1) is 13.9. The molecule has 0 spiro atoms. The molecule has 1 aliphatic carbocycles. The number of nitrogens with one attached hydrogen (secondary N) is 2. The zero-order chi connectivity index (χ0) is 21.0. The first-order valence-electron chi connectivity index (χ1n) is 9.94. The molecule has 2 atom stereocenters. The van der Waals surface area contributed by atoms with E-state index < -0.39 is 17.8 Å². The number of carbonyl (C=O) groups excluding carboxylic acids is 2. The van der Waals surface area contributed by atoms with E-state index in [1.54, 1.807) is 12.1 Å². The van der Waals surface area contributed by atoms with Crippen LogP contribution < -0.4 is 10.6 Å². The summed E-state index contributed by atoms with van der Waals surface area (Å²) in [5.41, 5.74) is 2.05. The summed E-state index contributed by atoms with van der Waals surface area (Å²) in [6.07, 6.45) is 3.39. The number of aryl methyl sites for hydroxylation is 1. The van der Waals surface area contributed by atoms with Crippen LogP contribution in [0.3, 0.4) is 0 Å². The Balaban J connectivity index is 1.86. The van der Waals surface area contributed by atoms with Gasteiger partial charge in [-0.2, -0.15) is 0 Å². The summed E-state index contributed by atoms with van der Waals surface area (Å²) in [6, 6.07) is 9.16. The van der Waals surface area contributed by atoms with Crippen molar-refractivity contribution in [3.63, 3.8) is 0 Å². The molecule has 1 aromatic carbocycles. The van der Waals surface area contributed by atoms with Crippen molar-refractivity contribution in [2.24, 2.45) is 11.8 Å². The van der Waals surface area contributed by atoms with Crippen LogP contribution in [0, 0.1) is 18.8 Å². The Hall–Kier alpha value is -2.67. The fourth-order valence-corrected chi connectivity index (χ4v) is 5.14. The molecule has 7 heteroatoms. The van der Waals surface area contributed by atoms with E-state index in [-0.39, 0.29) is 11.8 Å². The van der Waals surface area contributed by atoms with Crippen molar-refractivity contribution in [1.82, 2.24) is 0 Å². The van der Waals surface area contributed by atoms with E-state index in [1.807, 2.05) is 32.0 Å². The molecule has 0 aliphatic heterocycles. The molecule has 1 aliphatic rings. The minimum Gasteiger partial charge on any atom is -0.481 e. The number of anilines is 2. The maximum absolute atomic E-state index is 13.0. The SMILES string of the molecule is CCc1c(C)sc(NC(=O)C2CCCCC2C(=O)O)c1C(=O)Nc1ccccc1. The Labute approximate surface area is 174 Å². The van der Waals surface area contributed by atoms with Crippen molar-refractivity contribution in [2.75, 3.05) is 10.6 Å². The van der Waals surface area contributed by atoms with Gasteiger partial charge in [0.15, 0.2) is 0 Å². The number of hydrogen-bond donors (Lipinski definition) is 3. The average Bonchev–Trinajstić information content (AvgIpc) is 3.03. The third-order valence-electron chi connectivity index (χ3n) is 5.48. The summed E-state index contributed by atoms with van der Waals surface area (Å²) in [7, 11) is 0. The number of carboxylic acids is 1. The molecule has 6 nitrogen and oxygen atoms in total. The molecule has 2 amide bonds. The van der Waals surface area contributed by atoms with E-state index >= 15 is 0 Å². The highest BCUT2D eigenvalue weighted by Crippen LogP contribution is 2.36. The van der Waals surface area contributed by atoms with Gasteiger partial charge in [-0.3, -0.25) is 14.4 Å². The van der Waals surface area contributed by atoms with Gasteiger partial charge in [-0.15, -0.1) is 11.3 Å². The van der Waals surface area contributed by atoms with Crippen LogP contribution >= 0.6 is 11.3 Å². The normalized spacial score (nSPS) is 18.8. The number of carboxylic acid groups (broad SMARTS) is 1. The summed E-state index contributed by atoms with van der Waals surface area (Å²) in [5, 5.41) is 15.7. The molecule has 1 fully saturated rings. The second kappa shape index (κ2) is 9.22. The molecule has 3 rings (SSSR count). The summed E-state index contributed by atoms with van der Waals surface area (Å²) in [5.74, 6) is -2.75. The second-order valence-electron chi connectivity index (χ2n) is 7.34. The van der Waals surface area contributed by atoms with E-state index in [2.05, 4.69) is 10.6 Å². The molecular weight excluding hydrogens is 388 g/mol. The summed E-state index contributed by atoms with van der Waals surface area (Å²) in [4.78, 5) is 38.5. The van der Waals surface area contributed by atoms with E-state index in [1.165, 1.54) is 11.3 Å². The van der Waals surface area contributed by atoms with Crippen LogP contribution in [-0.4, -0.2) is 22.9 Å². The summed E-state index contributed by atoms with van der Waals surface area (Å²) < 4.78 is 0. The van der Waals surface area contributed by atoms with Crippen LogP contribution in [0.5, 0.6) is 0 Å². The highest BCUT2D eigenvalue weighted by Gasteiger charge is 2.36. The molecular formula is C22H26N2O4S. The molecule has 154 valence electrons. The van der Waals surface area contributed by atoms with E-state index in [0.717, 1.165) is 23.3 Å². The Morgan fingerprint density at radius 3 is 2.34 bits per heavy atom. The van der Waals surface area contributed by atoms with Gasteiger partial charge >= 0.3 is 5.97 Å². The number of aliphatic carboxylic acids is 1. The van der Waals surface area contributed by atoms with Crippen LogP contribution in [0.1, 0.15) is 53.4 Å². The first kappa shape index (κ1) is 21.0. The predicted molar refractivity (Wildman–Crippen MR) is 115 cm³/mol. The highest BCUT2D eigenvalue weighted by molar-refractivity contribution is 7.16. The Morgan fingerprint density at radius 2 is 1.72 bits per heavy atom. The topological polar surface area (TPSA) is 95.5 Å². The van der Waals surface area contributed by atoms with E-state index in [0.29, 0.717) is 35.5 Å².